The van der Waals surface area contributed by atoms with E-state index >= 15 is 0 Å². The summed E-state index contributed by atoms with van der Waals surface area (Å²) < 4.78 is 11.4. The summed E-state index contributed by atoms with van der Waals surface area (Å²) in [5.41, 5.74) is 0.866. The molecule has 1 aromatic carbocycles. The van der Waals surface area contributed by atoms with Crippen LogP contribution in [-0.2, 0) is 16.1 Å². The third-order valence-electron chi connectivity index (χ3n) is 3.85. The predicted octanol–water partition coefficient (Wildman–Crippen LogP) is 0.786. The summed E-state index contributed by atoms with van der Waals surface area (Å²) in [6, 6.07) is 7.86. The van der Waals surface area contributed by atoms with Gasteiger partial charge < -0.3 is 19.7 Å². The van der Waals surface area contributed by atoms with Crippen molar-refractivity contribution in [2.75, 3.05) is 32.8 Å². The second kappa shape index (κ2) is 5.42. The molecule has 1 aromatic rings. The van der Waals surface area contributed by atoms with Gasteiger partial charge in [0.1, 0.15) is 19.0 Å². The zero-order valence-corrected chi connectivity index (χ0v) is 11.7. The third-order valence-corrected chi connectivity index (χ3v) is 3.85. The minimum absolute atomic E-state index is 0.0263. The molecule has 0 aromatic heterocycles. The van der Waals surface area contributed by atoms with Gasteiger partial charge in [-0.25, -0.2) is 0 Å². The molecule has 0 unspecified atom stereocenters. The Labute approximate surface area is 118 Å². The van der Waals surface area contributed by atoms with E-state index in [-0.39, 0.29) is 18.1 Å². The maximum Gasteiger partial charge on any atom is 0.249 e. The van der Waals surface area contributed by atoms with Gasteiger partial charge in [-0.1, -0.05) is 18.2 Å². The molecule has 108 valence electrons. The van der Waals surface area contributed by atoms with Crippen LogP contribution >= 0.6 is 0 Å². The summed E-state index contributed by atoms with van der Waals surface area (Å²) in [4.78, 5) is 14.1. The van der Waals surface area contributed by atoms with Crippen LogP contribution in [0.3, 0.4) is 0 Å². The standard InChI is InChI=1S/C15H20N2O3/c1-15(10-16-11-15)20-9-14(18)17-6-7-19-13-5-3-2-4-12(13)8-17/h2-5,16H,6-11H2,1H3. The second-order valence-electron chi connectivity index (χ2n) is 5.61. The van der Waals surface area contributed by atoms with Crippen molar-refractivity contribution < 1.29 is 14.3 Å². The number of nitrogens with zero attached hydrogens (tertiary/aromatic N) is 1. The van der Waals surface area contributed by atoms with Gasteiger partial charge in [-0.15, -0.1) is 0 Å². The number of hydrogen-bond donors (Lipinski definition) is 1. The van der Waals surface area contributed by atoms with Gasteiger partial charge >= 0.3 is 0 Å². The molecule has 2 aliphatic heterocycles. The van der Waals surface area contributed by atoms with Crippen LogP contribution in [0.15, 0.2) is 24.3 Å². The lowest BCUT2D eigenvalue weighted by molar-refractivity contribution is -0.146. The van der Waals surface area contributed by atoms with Crippen LogP contribution in [0.2, 0.25) is 0 Å². The summed E-state index contributed by atoms with van der Waals surface area (Å²) in [6.07, 6.45) is 0. The van der Waals surface area contributed by atoms with Gasteiger partial charge in [-0.05, 0) is 13.0 Å². The first kappa shape index (κ1) is 13.4. The minimum atomic E-state index is -0.185. The third kappa shape index (κ3) is 2.78. The van der Waals surface area contributed by atoms with Crippen molar-refractivity contribution in [2.45, 2.75) is 19.1 Å². The molecule has 0 radical (unpaired) electrons. The molecule has 3 rings (SSSR count). The molecule has 1 amide bonds. The van der Waals surface area contributed by atoms with E-state index in [9.17, 15) is 4.79 Å². The lowest BCUT2D eigenvalue weighted by Gasteiger charge is -2.39. The van der Waals surface area contributed by atoms with Crippen LogP contribution in [0.25, 0.3) is 0 Å². The SMILES string of the molecule is CC1(OCC(=O)N2CCOc3ccccc3C2)CNC1. The molecule has 5 nitrogen and oxygen atoms in total. The summed E-state index contributed by atoms with van der Waals surface area (Å²) in [5.74, 6) is 0.900. The first-order chi connectivity index (χ1) is 9.66. The fourth-order valence-corrected chi connectivity index (χ4v) is 2.44. The molecule has 0 atom stereocenters. The lowest BCUT2D eigenvalue weighted by atomic mass is 10.0. The van der Waals surface area contributed by atoms with E-state index in [0.717, 1.165) is 24.4 Å². The average molecular weight is 276 g/mol. The molecule has 0 saturated carbocycles. The van der Waals surface area contributed by atoms with Crippen molar-refractivity contribution in [2.24, 2.45) is 0 Å². The van der Waals surface area contributed by atoms with Crippen molar-refractivity contribution in [3.63, 3.8) is 0 Å². The van der Waals surface area contributed by atoms with E-state index in [1.165, 1.54) is 0 Å². The van der Waals surface area contributed by atoms with Crippen LogP contribution in [0.4, 0.5) is 0 Å². The van der Waals surface area contributed by atoms with Crippen molar-refractivity contribution >= 4 is 5.91 Å². The van der Waals surface area contributed by atoms with E-state index in [4.69, 9.17) is 9.47 Å². The van der Waals surface area contributed by atoms with Gasteiger partial charge in [-0.2, -0.15) is 0 Å². The Kier molecular flexibility index (Phi) is 3.63. The van der Waals surface area contributed by atoms with Crippen molar-refractivity contribution in [1.82, 2.24) is 10.2 Å². The van der Waals surface area contributed by atoms with Gasteiger partial charge in [0.25, 0.3) is 0 Å². The second-order valence-corrected chi connectivity index (χ2v) is 5.61. The van der Waals surface area contributed by atoms with E-state index in [1.807, 2.05) is 31.2 Å². The van der Waals surface area contributed by atoms with Gasteiger partial charge in [0.05, 0.1) is 12.1 Å². The van der Waals surface area contributed by atoms with E-state index in [2.05, 4.69) is 5.32 Å². The number of ether oxygens (including phenoxy) is 2. The Bertz CT molecular complexity index is 500. The molecular weight excluding hydrogens is 256 g/mol. The molecule has 2 heterocycles. The molecule has 20 heavy (non-hydrogen) atoms. The van der Waals surface area contributed by atoms with Crippen LogP contribution in [-0.4, -0.2) is 49.3 Å². The maximum absolute atomic E-state index is 12.3. The van der Waals surface area contributed by atoms with Gasteiger partial charge in [0, 0.05) is 25.2 Å². The highest BCUT2D eigenvalue weighted by atomic mass is 16.5. The quantitative estimate of drug-likeness (QED) is 0.886. The zero-order valence-electron chi connectivity index (χ0n) is 11.7. The van der Waals surface area contributed by atoms with Crippen LogP contribution in [0.1, 0.15) is 12.5 Å². The summed E-state index contributed by atoms with van der Waals surface area (Å²) in [5, 5.41) is 3.16. The summed E-state index contributed by atoms with van der Waals surface area (Å²) >= 11 is 0. The lowest BCUT2D eigenvalue weighted by Crippen LogP contribution is -2.59. The first-order valence-corrected chi connectivity index (χ1v) is 6.99. The number of rotatable bonds is 3. The zero-order chi connectivity index (χ0) is 14.0. The smallest absolute Gasteiger partial charge is 0.249 e. The molecule has 2 aliphatic rings. The van der Waals surface area contributed by atoms with E-state index < -0.39 is 0 Å². The van der Waals surface area contributed by atoms with E-state index in [1.54, 1.807) is 4.90 Å². The van der Waals surface area contributed by atoms with Crippen LogP contribution in [0.5, 0.6) is 5.75 Å². The molecule has 0 bridgehead atoms. The normalized spacial score (nSPS) is 20.4. The average Bonchev–Trinajstić information content (AvgIpc) is 2.64. The summed E-state index contributed by atoms with van der Waals surface area (Å²) in [6.45, 7) is 5.51. The molecule has 0 spiro atoms. The van der Waals surface area contributed by atoms with Crippen LogP contribution in [0, 0.1) is 0 Å². The monoisotopic (exact) mass is 276 g/mol. The first-order valence-electron chi connectivity index (χ1n) is 6.99. The van der Waals surface area contributed by atoms with Crippen molar-refractivity contribution in [3.05, 3.63) is 29.8 Å². The van der Waals surface area contributed by atoms with Gasteiger partial charge in [-0.3, -0.25) is 4.79 Å². The van der Waals surface area contributed by atoms with Crippen LogP contribution < -0.4 is 10.1 Å². The number of carbonyl (C=O) groups excluding carboxylic acids is 1. The highest BCUT2D eigenvalue weighted by Gasteiger charge is 2.33. The van der Waals surface area contributed by atoms with Crippen molar-refractivity contribution in [3.8, 4) is 5.75 Å². The van der Waals surface area contributed by atoms with Crippen molar-refractivity contribution in [1.29, 1.82) is 0 Å². The maximum atomic E-state index is 12.3. The van der Waals surface area contributed by atoms with Gasteiger partial charge in [0.15, 0.2) is 0 Å². The Balaban J connectivity index is 1.60. The molecule has 0 aliphatic carbocycles. The minimum Gasteiger partial charge on any atom is -0.491 e. The molecule has 1 saturated heterocycles. The Morgan fingerprint density at radius 1 is 1.45 bits per heavy atom. The number of para-hydroxylation sites is 1. The molecule has 1 N–H and O–H groups in total. The molecular formula is C15H20N2O3. The fourth-order valence-electron chi connectivity index (χ4n) is 2.44. The summed E-state index contributed by atoms with van der Waals surface area (Å²) in [7, 11) is 0. The number of benzene rings is 1. The molecule has 5 heteroatoms. The number of fused-ring (bicyclic) bond motifs is 1. The number of nitrogens with one attached hydrogen (secondary N) is 1. The molecule has 1 fully saturated rings. The largest absolute Gasteiger partial charge is 0.491 e. The highest BCUT2D eigenvalue weighted by molar-refractivity contribution is 5.77. The van der Waals surface area contributed by atoms with Gasteiger partial charge in [0.2, 0.25) is 5.91 Å². The van der Waals surface area contributed by atoms with E-state index in [0.29, 0.717) is 19.7 Å². The number of amides is 1. The number of carbonyl (C=O) groups is 1. The Hall–Kier alpha value is -1.59. The fraction of sp³-hybridized carbons (Fsp3) is 0.533. The number of hydrogen-bond acceptors (Lipinski definition) is 4. The topological polar surface area (TPSA) is 50.8 Å². The highest BCUT2D eigenvalue weighted by Crippen LogP contribution is 2.23. The predicted molar refractivity (Wildman–Crippen MR) is 74.6 cm³/mol. The Morgan fingerprint density at radius 2 is 2.25 bits per heavy atom. The Morgan fingerprint density at radius 3 is 3.00 bits per heavy atom.